The number of terminal acetylenes is 1. The number of nitrogens with zero attached hydrogens (tertiary/aromatic N) is 1. The number of hydrogen-bond acceptors (Lipinski definition) is 6. The van der Waals surface area contributed by atoms with E-state index >= 15 is 0 Å². The summed E-state index contributed by atoms with van der Waals surface area (Å²) in [5.41, 5.74) is 0.260. The molecule has 4 amide bonds. The molecule has 1 heterocycles. The maximum atomic E-state index is 13.0. The fraction of sp³-hybridized carbons (Fsp3) is 0.0909. The van der Waals surface area contributed by atoms with Crippen molar-refractivity contribution in [2.45, 2.75) is 0 Å². The number of ether oxygens (including phenoxy) is 2. The molecule has 0 atom stereocenters. The largest absolute Gasteiger partial charge is 0.493 e. The van der Waals surface area contributed by atoms with Crippen LogP contribution in [0.1, 0.15) is 15.9 Å². The zero-order valence-corrected chi connectivity index (χ0v) is 18.7. The summed E-state index contributed by atoms with van der Waals surface area (Å²) in [5, 5.41) is 11.1. The van der Waals surface area contributed by atoms with Crippen LogP contribution in [0.3, 0.4) is 0 Å². The highest BCUT2D eigenvalue weighted by atomic mass is 127. The summed E-state index contributed by atoms with van der Waals surface area (Å²) < 4.78 is 11.4. The van der Waals surface area contributed by atoms with E-state index in [0.717, 1.165) is 4.90 Å². The Morgan fingerprint density at radius 2 is 1.94 bits per heavy atom. The average Bonchev–Trinajstić information content (AvgIpc) is 2.75. The predicted molar refractivity (Wildman–Crippen MR) is 122 cm³/mol. The molecule has 1 saturated heterocycles. The molecule has 1 fully saturated rings. The van der Waals surface area contributed by atoms with Crippen molar-refractivity contribution in [3.05, 3.63) is 56.7 Å². The van der Waals surface area contributed by atoms with Crippen LogP contribution in [0.5, 0.6) is 11.5 Å². The van der Waals surface area contributed by atoms with Gasteiger partial charge in [-0.15, -0.1) is 6.42 Å². The van der Waals surface area contributed by atoms with Gasteiger partial charge in [0, 0.05) is 0 Å². The number of imide groups is 2. The van der Waals surface area contributed by atoms with Crippen LogP contribution in [0, 0.1) is 15.9 Å². The summed E-state index contributed by atoms with van der Waals surface area (Å²) in [6, 6.07) is 7.39. The lowest BCUT2D eigenvalue weighted by molar-refractivity contribution is -0.122. The van der Waals surface area contributed by atoms with Gasteiger partial charge >= 0.3 is 12.0 Å². The standard InChI is InChI=1S/C22H15IN2O7/c1-3-8-32-18-16(23)10-12(11-17(18)31-2)9-15-19(26)24-22(30)25(20(15)27)14-6-4-13(5-7-14)21(28)29/h1,4-7,9-11H,8H2,2H3,(H,28,29)(H,24,26,30)/b15-9+. The third-order valence-corrected chi connectivity index (χ3v) is 5.14. The van der Waals surface area contributed by atoms with E-state index in [4.69, 9.17) is 21.0 Å². The fourth-order valence-corrected chi connectivity index (χ4v) is 3.67. The second-order valence-electron chi connectivity index (χ2n) is 6.34. The number of benzene rings is 2. The second-order valence-corrected chi connectivity index (χ2v) is 7.50. The van der Waals surface area contributed by atoms with Crippen molar-refractivity contribution in [3.63, 3.8) is 0 Å². The Morgan fingerprint density at radius 1 is 1.25 bits per heavy atom. The summed E-state index contributed by atoms with van der Waals surface area (Å²) in [4.78, 5) is 49.5. The molecule has 2 aromatic rings. The molecule has 32 heavy (non-hydrogen) atoms. The topological polar surface area (TPSA) is 122 Å². The van der Waals surface area contributed by atoms with Crippen LogP contribution in [0.4, 0.5) is 10.5 Å². The molecule has 1 aliphatic rings. The minimum atomic E-state index is -1.15. The van der Waals surface area contributed by atoms with E-state index in [2.05, 4.69) is 11.2 Å². The lowest BCUT2D eigenvalue weighted by Crippen LogP contribution is -2.54. The van der Waals surface area contributed by atoms with Gasteiger partial charge in [-0.25, -0.2) is 14.5 Å². The molecule has 0 aliphatic carbocycles. The summed E-state index contributed by atoms with van der Waals surface area (Å²) in [6.07, 6.45) is 6.54. The third-order valence-electron chi connectivity index (χ3n) is 4.34. The maximum absolute atomic E-state index is 13.0. The van der Waals surface area contributed by atoms with E-state index in [-0.39, 0.29) is 23.4 Å². The van der Waals surface area contributed by atoms with Gasteiger partial charge in [0.25, 0.3) is 11.8 Å². The smallest absolute Gasteiger partial charge is 0.335 e. The Kier molecular flexibility index (Phi) is 6.79. The molecule has 1 aliphatic heterocycles. The fourth-order valence-electron chi connectivity index (χ4n) is 2.89. The molecule has 0 aromatic heterocycles. The van der Waals surface area contributed by atoms with Gasteiger partial charge in [0.05, 0.1) is 21.9 Å². The first-order valence-electron chi connectivity index (χ1n) is 8.95. The number of carboxylic acid groups (broad SMARTS) is 1. The Hall–Kier alpha value is -3.85. The highest BCUT2D eigenvalue weighted by Crippen LogP contribution is 2.35. The second kappa shape index (κ2) is 9.52. The third kappa shape index (κ3) is 4.57. The Bertz CT molecular complexity index is 1200. The van der Waals surface area contributed by atoms with Gasteiger partial charge in [0.15, 0.2) is 11.5 Å². The molecule has 0 unspecified atom stereocenters. The van der Waals surface area contributed by atoms with E-state index in [1.165, 1.54) is 37.5 Å². The molecular formula is C22H15IN2O7. The quantitative estimate of drug-likeness (QED) is 0.247. The summed E-state index contributed by atoms with van der Waals surface area (Å²) in [5.74, 6) is 0.255. The van der Waals surface area contributed by atoms with Crippen molar-refractivity contribution in [1.29, 1.82) is 0 Å². The van der Waals surface area contributed by atoms with Gasteiger partial charge < -0.3 is 14.6 Å². The van der Waals surface area contributed by atoms with E-state index in [1.54, 1.807) is 12.1 Å². The highest BCUT2D eigenvalue weighted by Gasteiger charge is 2.37. The van der Waals surface area contributed by atoms with Gasteiger partial charge in [0.2, 0.25) is 0 Å². The van der Waals surface area contributed by atoms with Gasteiger partial charge in [-0.2, -0.15) is 0 Å². The van der Waals surface area contributed by atoms with Crippen molar-refractivity contribution in [2.24, 2.45) is 0 Å². The molecule has 2 N–H and O–H groups in total. The van der Waals surface area contributed by atoms with Crippen LogP contribution >= 0.6 is 22.6 Å². The van der Waals surface area contributed by atoms with Crippen LogP contribution in [-0.2, 0) is 9.59 Å². The lowest BCUT2D eigenvalue weighted by atomic mass is 10.1. The number of carboxylic acids is 1. The molecule has 0 saturated carbocycles. The SMILES string of the molecule is C#CCOc1c(I)cc(/C=C2\C(=O)NC(=O)N(c3ccc(C(=O)O)cc3)C2=O)cc1OC. The number of urea groups is 1. The first kappa shape index (κ1) is 22.8. The molecule has 0 bridgehead atoms. The van der Waals surface area contributed by atoms with Gasteiger partial charge in [-0.1, -0.05) is 5.92 Å². The number of carbonyl (C=O) groups is 4. The van der Waals surface area contributed by atoms with Crippen molar-refractivity contribution >= 4 is 58.2 Å². The average molecular weight is 546 g/mol. The van der Waals surface area contributed by atoms with Gasteiger partial charge in [0.1, 0.15) is 12.2 Å². The number of halogens is 1. The Morgan fingerprint density at radius 3 is 2.53 bits per heavy atom. The van der Waals surface area contributed by atoms with E-state index in [0.29, 0.717) is 20.6 Å². The van der Waals surface area contributed by atoms with Crippen LogP contribution < -0.4 is 19.7 Å². The Labute approximate surface area is 196 Å². The number of rotatable bonds is 6. The normalized spacial score (nSPS) is 14.7. The molecular weight excluding hydrogens is 531 g/mol. The first-order chi connectivity index (χ1) is 15.3. The molecule has 162 valence electrons. The van der Waals surface area contributed by atoms with Crippen molar-refractivity contribution in [1.82, 2.24) is 5.32 Å². The number of anilines is 1. The number of amides is 4. The van der Waals surface area contributed by atoms with E-state index < -0.39 is 23.8 Å². The van der Waals surface area contributed by atoms with Crippen LogP contribution in [0.2, 0.25) is 0 Å². The number of carbonyl (C=O) groups excluding carboxylic acids is 3. The first-order valence-corrected chi connectivity index (χ1v) is 10.0. The monoisotopic (exact) mass is 546 g/mol. The molecule has 10 heteroatoms. The zero-order valence-electron chi connectivity index (χ0n) is 16.5. The van der Waals surface area contributed by atoms with Gasteiger partial charge in [-0.3, -0.25) is 14.9 Å². The Balaban J connectivity index is 2.00. The van der Waals surface area contributed by atoms with Crippen molar-refractivity contribution in [2.75, 3.05) is 18.6 Å². The van der Waals surface area contributed by atoms with Crippen LogP contribution in [0.25, 0.3) is 6.08 Å². The van der Waals surface area contributed by atoms with Gasteiger partial charge in [-0.05, 0) is 70.6 Å². The maximum Gasteiger partial charge on any atom is 0.335 e. The summed E-state index contributed by atoms with van der Waals surface area (Å²) in [7, 11) is 1.44. The minimum absolute atomic E-state index is 0.0146. The molecule has 2 aromatic carbocycles. The number of methoxy groups -OCH3 is 1. The van der Waals surface area contributed by atoms with Crippen molar-refractivity contribution in [3.8, 4) is 23.8 Å². The molecule has 0 spiro atoms. The van der Waals surface area contributed by atoms with E-state index in [1.807, 2.05) is 22.6 Å². The van der Waals surface area contributed by atoms with Crippen molar-refractivity contribution < 1.29 is 33.8 Å². The molecule has 3 rings (SSSR count). The number of hydrogen-bond donors (Lipinski definition) is 2. The molecule has 0 radical (unpaired) electrons. The molecule has 9 nitrogen and oxygen atoms in total. The highest BCUT2D eigenvalue weighted by molar-refractivity contribution is 14.1. The van der Waals surface area contributed by atoms with Crippen LogP contribution in [-0.4, -0.2) is 42.6 Å². The summed E-state index contributed by atoms with van der Waals surface area (Å²) >= 11 is 2.00. The van der Waals surface area contributed by atoms with Crippen LogP contribution in [0.15, 0.2) is 42.0 Å². The lowest BCUT2D eigenvalue weighted by Gasteiger charge is -2.26. The zero-order chi connectivity index (χ0) is 23.4. The number of aromatic carboxylic acids is 1. The minimum Gasteiger partial charge on any atom is -0.493 e. The summed E-state index contributed by atoms with van der Waals surface area (Å²) in [6.45, 7) is 0.0332. The van der Waals surface area contributed by atoms with E-state index in [9.17, 15) is 19.2 Å². The number of barbiturate groups is 1. The number of nitrogens with one attached hydrogen (secondary N) is 1. The predicted octanol–water partition coefficient (Wildman–Crippen LogP) is 2.68.